The average Bonchev–Trinajstić information content (AvgIpc) is 2.32. The van der Waals surface area contributed by atoms with Gasteiger partial charge in [-0.25, -0.2) is 0 Å². The van der Waals surface area contributed by atoms with Crippen molar-refractivity contribution < 1.29 is 15.0 Å². The number of carboxylic acid groups (broad SMARTS) is 1. The molecule has 18 heavy (non-hydrogen) atoms. The molecule has 0 rings (SSSR count). The number of carbonyl (C=O) groups is 1. The maximum absolute atomic E-state index is 10.5. The molecule has 0 aliphatic carbocycles. The number of aliphatic hydroxyl groups excluding tert-OH is 1. The SMILES string of the molecule is CCN(CC)CCCN(CC)CC(O)CC(=O)O. The Labute approximate surface area is 110 Å². The zero-order valence-electron chi connectivity index (χ0n) is 11.9. The van der Waals surface area contributed by atoms with Crippen LogP contribution in [0.1, 0.15) is 33.6 Å². The Bertz CT molecular complexity index is 220. The monoisotopic (exact) mass is 260 g/mol. The highest BCUT2D eigenvalue weighted by molar-refractivity contribution is 5.67. The molecule has 2 N–H and O–H groups in total. The lowest BCUT2D eigenvalue weighted by molar-refractivity contribution is -0.139. The molecule has 0 saturated carbocycles. The van der Waals surface area contributed by atoms with Crippen molar-refractivity contribution in [2.75, 3.05) is 39.3 Å². The molecule has 0 aromatic heterocycles. The quantitative estimate of drug-likeness (QED) is 0.577. The van der Waals surface area contributed by atoms with Gasteiger partial charge in [0.2, 0.25) is 0 Å². The predicted molar refractivity (Wildman–Crippen MR) is 72.8 cm³/mol. The normalized spacial score (nSPS) is 13.2. The maximum Gasteiger partial charge on any atom is 0.306 e. The van der Waals surface area contributed by atoms with E-state index in [1.165, 1.54) is 0 Å². The molecule has 5 heteroatoms. The highest BCUT2D eigenvalue weighted by atomic mass is 16.4. The maximum atomic E-state index is 10.5. The fourth-order valence-electron chi connectivity index (χ4n) is 2.00. The lowest BCUT2D eigenvalue weighted by Gasteiger charge is -2.24. The lowest BCUT2D eigenvalue weighted by atomic mass is 10.2. The van der Waals surface area contributed by atoms with E-state index in [1.807, 2.05) is 6.92 Å². The fraction of sp³-hybridized carbons (Fsp3) is 0.923. The zero-order valence-corrected chi connectivity index (χ0v) is 11.9. The average molecular weight is 260 g/mol. The minimum atomic E-state index is -0.943. The summed E-state index contributed by atoms with van der Waals surface area (Å²) in [5.41, 5.74) is 0. The van der Waals surface area contributed by atoms with Crippen LogP contribution >= 0.6 is 0 Å². The Kier molecular flexibility index (Phi) is 9.92. The molecule has 0 bridgehead atoms. The molecule has 0 radical (unpaired) electrons. The molecule has 108 valence electrons. The van der Waals surface area contributed by atoms with Gasteiger partial charge in [-0.05, 0) is 39.1 Å². The summed E-state index contributed by atoms with van der Waals surface area (Å²) in [6.45, 7) is 11.7. The van der Waals surface area contributed by atoms with Crippen LogP contribution in [0.3, 0.4) is 0 Å². The molecular formula is C13H28N2O3. The number of hydrogen-bond donors (Lipinski definition) is 2. The van der Waals surface area contributed by atoms with Crippen molar-refractivity contribution in [1.29, 1.82) is 0 Å². The molecule has 0 aromatic rings. The molecule has 1 unspecified atom stereocenters. The van der Waals surface area contributed by atoms with Crippen LogP contribution < -0.4 is 0 Å². The summed E-state index contributed by atoms with van der Waals surface area (Å²) in [7, 11) is 0. The van der Waals surface area contributed by atoms with Gasteiger partial charge in [-0.3, -0.25) is 4.79 Å². The van der Waals surface area contributed by atoms with Gasteiger partial charge in [-0.15, -0.1) is 0 Å². The van der Waals surface area contributed by atoms with Gasteiger partial charge in [-0.1, -0.05) is 20.8 Å². The summed E-state index contributed by atoms with van der Waals surface area (Å²) < 4.78 is 0. The molecule has 1 atom stereocenters. The Morgan fingerprint density at radius 2 is 1.56 bits per heavy atom. The smallest absolute Gasteiger partial charge is 0.306 e. The van der Waals surface area contributed by atoms with Crippen LogP contribution in [0.25, 0.3) is 0 Å². The van der Waals surface area contributed by atoms with Gasteiger partial charge >= 0.3 is 5.97 Å². The summed E-state index contributed by atoms with van der Waals surface area (Å²) in [5.74, 6) is -0.943. The minimum absolute atomic E-state index is 0.174. The van der Waals surface area contributed by atoms with Gasteiger partial charge in [0.15, 0.2) is 0 Å². The molecule has 0 spiro atoms. The first-order valence-corrected chi connectivity index (χ1v) is 6.87. The number of aliphatic hydroxyl groups is 1. The third kappa shape index (κ3) is 8.44. The first kappa shape index (κ1) is 17.4. The molecule has 0 amide bonds. The predicted octanol–water partition coefficient (Wildman–Crippen LogP) is 0.876. The summed E-state index contributed by atoms with van der Waals surface area (Å²) >= 11 is 0. The number of rotatable bonds is 11. The van der Waals surface area contributed by atoms with Gasteiger partial charge in [0, 0.05) is 6.54 Å². The number of hydrogen-bond acceptors (Lipinski definition) is 4. The highest BCUT2D eigenvalue weighted by Gasteiger charge is 2.13. The van der Waals surface area contributed by atoms with Gasteiger partial charge in [-0.2, -0.15) is 0 Å². The first-order valence-electron chi connectivity index (χ1n) is 6.87. The van der Waals surface area contributed by atoms with Gasteiger partial charge < -0.3 is 20.0 Å². The van der Waals surface area contributed by atoms with Crippen LogP contribution in [0, 0.1) is 0 Å². The molecule has 0 heterocycles. The molecule has 5 nitrogen and oxygen atoms in total. The van der Waals surface area contributed by atoms with E-state index in [0.717, 1.165) is 39.1 Å². The van der Waals surface area contributed by atoms with Crippen LogP contribution in [0.2, 0.25) is 0 Å². The van der Waals surface area contributed by atoms with Crippen molar-refractivity contribution in [2.24, 2.45) is 0 Å². The molecule has 0 fully saturated rings. The van der Waals surface area contributed by atoms with Crippen LogP contribution in [0.5, 0.6) is 0 Å². The van der Waals surface area contributed by atoms with Gasteiger partial charge in [0.05, 0.1) is 12.5 Å². The van der Waals surface area contributed by atoms with E-state index < -0.39 is 12.1 Å². The number of nitrogens with zero attached hydrogens (tertiary/aromatic N) is 2. The van der Waals surface area contributed by atoms with E-state index in [2.05, 4.69) is 23.6 Å². The standard InChI is InChI=1S/C13H28N2O3/c1-4-14(5-2)8-7-9-15(6-3)11-12(16)10-13(17)18/h12,16H,4-11H2,1-3H3,(H,17,18). The first-order chi connectivity index (χ1) is 8.53. The van der Waals surface area contributed by atoms with E-state index >= 15 is 0 Å². The van der Waals surface area contributed by atoms with Crippen molar-refractivity contribution in [2.45, 2.75) is 39.7 Å². The minimum Gasteiger partial charge on any atom is -0.481 e. The topological polar surface area (TPSA) is 64.0 Å². The highest BCUT2D eigenvalue weighted by Crippen LogP contribution is 2.00. The summed E-state index contributed by atoms with van der Waals surface area (Å²) in [5, 5.41) is 18.2. The van der Waals surface area contributed by atoms with Crippen molar-refractivity contribution in [1.82, 2.24) is 9.80 Å². The Morgan fingerprint density at radius 3 is 2.00 bits per heavy atom. The van der Waals surface area contributed by atoms with Crippen molar-refractivity contribution in [3.05, 3.63) is 0 Å². The molecule has 0 aliphatic heterocycles. The van der Waals surface area contributed by atoms with E-state index in [-0.39, 0.29) is 6.42 Å². The third-order valence-electron chi connectivity index (χ3n) is 3.17. The van der Waals surface area contributed by atoms with Crippen LogP contribution in [0.15, 0.2) is 0 Å². The number of carboxylic acids is 1. The molecule has 0 saturated heterocycles. The van der Waals surface area contributed by atoms with Crippen molar-refractivity contribution >= 4 is 5.97 Å². The zero-order chi connectivity index (χ0) is 14.0. The van der Waals surface area contributed by atoms with Crippen LogP contribution in [0.4, 0.5) is 0 Å². The molecule has 0 aliphatic rings. The summed E-state index contributed by atoms with van der Waals surface area (Å²) in [6.07, 6.45) is 0.109. The third-order valence-corrected chi connectivity index (χ3v) is 3.17. The second-order valence-corrected chi connectivity index (χ2v) is 4.53. The van der Waals surface area contributed by atoms with E-state index in [1.54, 1.807) is 0 Å². The van der Waals surface area contributed by atoms with Crippen LogP contribution in [-0.2, 0) is 4.79 Å². The molecule has 0 aromatic carbocycles. The van der Waals surface area contributed by atoms with Gasteiger partial charge in [0.1, 0.15) is 0 Å². The lowest BCUT2D eigenvalue weighted by Crippen LogP contribution is -2.36. The van der Waals surface area contributed by atoms with Crippen molar-refractivity contribution in [3.63, 3.8) is 0 Å². The Balaban J connectivity index is 3.85. The van der Waals surface area contributed by atoms with Crippen LogP contribution in [-0.4, -0.2) is 71.4 Å². The Morgan fingerprint density at radius 1 is 1.06 bits per heavy atom. The second-order valence-electron chi connectivity index (χ2n) is 4.53. The van der Waals surface area contributed by atoms with E-state index in [0.29, 0.717) is 6.54 Å². The van der Waals surface area contributed by atoms with E-state index in [9.17, 15) is 9.90 Å². The summed E-state index contributed by atoms with van der Waals surface area (Å²) in [6, 6.07) is 0. The van der Waals surface area contributed by atoms with Gasteiger partial charge in [0.25, 0.3) is 0 Å². The fourth-order valence-corrected chi connectivity index (χ4v) is 2.00. The van der Waals surface area contributed by atoms with E-state index in [4.69, 9.17) is 5.11 Å². The number of likely N-dealkylation sites (N-methyl/N-ethyl adjacent to an activating group) is 1. The largest absolute Gasteiger partial charge is 0.481 e. The van der Waals surface area contributed by atoms with Crippen molar-refractivity contribution in [3.8, 4) is 0 Å². The second kappa shape index (κ2) is 10.3. The number of aliphatic carboxylic acids is 1. The molecular weight excluding hydrogens is 232 g/mol. The Hall–Kier alpha value is -0.650. The summed E-state index contributed by atoms with van der Waals surface area (Å²) in [4.78, 5) is 14.9.